The van der Waals surface area contributed by atoms with Gasteiger partial charge in [0.25, 0.3) is 0 Å². The highest BCUT2D eigenvalue weighted by Gasteiger charge is 2.35. The Morgan fingerprint density at radius 2 is 0.726 bits per heavy atom. The largest absolute Gasteiger partial charge is 0.355 e. The maximum Gasteiger partial charge on any atom is 0.0463 e. The Bertz CT molecular complexity index is 2640. The fourth-order valence-corrected chi connectivity index (χ4v) is 10.6. The van der Waals surface area contributed by atoms with Crippen molar-refractivity contribution >= 4 is 22.7 Å². The van der Waals surface area contributed by atoms with Gasteiger partial charge in [-0.1, -0.05) is 152 Å². The van der Waals surface area contributed by atoms with Crippen LogP contribution < -0.4 is 10.6 Å². The predicted octanol–water partition coefficient (Wildman–Crippen LogP) is 16.9. The molecule has 0 saturated heterocycles. The Morgan fingerprint density at radius 1 is 0.355 bits per heavy atom. The quantitative estimate of drug-likeness (QED) is 0.144. The smallest absolute Gasteiger partial charge is 0.0463 e. The van der Waals surface area contributed by atoms with Crippen molar-refractivity contribution in [1.29, 1.82) is 0 Å². The summed E-state index contributed by atoms with van der Waals surface area (Å²) in [5.74, 6) is 0. The van der Waals surface area contributed by atoms with Gasteiger partial charge in [-0.15, -0.1) is 0 Å². The summed E-state index contributed by atoms with van der Waals surface area (Å²) in [4.78, 5) is 0. The van der Waals surface area contributed by atoms with Crippen LogP contribution in [0.2, 0.25) is 0 Å². The number of anilines is 4. The van der Waals surface area contributed by atoms with E-state index in [2.05, 4.69) is 222 Å². The van der Waals surface area contributed by atoms with E-state index in [0.717, 1.165) is 35.6 Å². The van der Waals surface area contributed by atoms with Crippen molar-refractivity contribution in [1.82, 2.24) is 0 Å². The molecule has 62 heavy (non-hydrogen) atoms. The van der Waals surface area contributed by atoms with Crippen LogP contribution in [0.25, 0.3) is 44.5 Å². The third kappa shape index (κ3) is 8.23. The Hall–Kier alpha value is -6.64. The fourth-order valence-electron chi connectivity index (χ4n) is 10.6. The van der Waals surface area contributed by atoms with Crippen LogP contribution in [0.15, 0.2) is 170 Å². The normalized spacial score (nSPS) is 13.5. The lowest BCUT2D eigenvalue weighted by Crippen LogP contribution is -2.30. The molecule has 0 heterocycles. The summed E-state index contributed by atoms with van der Waals surface area (Å²) < 4.78 is 0. The summed E-state index contributed by atoms with van der Waals surface area (Å²) in [6.07, 6.45) is 6.09. The van der Waals surface area contributed by atoms with Gasteiger partial charge in [-0.25, -0.2) is 0 Å². The molecule has 8 aromatic carbocycles. The minimum atomic E-state index is -0.00944. The molecule has 0 aliphatic heterocycles. The molecule has 2 nitrogen and oxygen atoms in total. The van der Waals surface area contributed by atoms with E-state index in [1.165, 1.54) is 108 Å². The molecule has 308 valence electrons. The molecule has 0 atom stereocenters. The molecule has 0 aromatic heterocycles. The maximum atomic E-state index is 3.80. The second kappa shape index (κ2) is 17.4. The first-order chi connectivity index (χ1) is 30.1. The van der Waals surface area contributed by atoms with Crippen molar-refractivity contribution in [2.24, 2.45) is 0 Å². The van der Waals surface area contributed by atoms with Crippen molar-refractivity contribution < 1.29 is 0 Å². The van der Waals surface area contributed by atoms with Gasteiger partial charge in [-0.3, -0.25) is 0 Å². The Balaban J connectivity index is 0.954. The highest BCUT2D eigenvalue weighted by atomic mass is 14.9. The second-order valence-electron chi connectivity index (χ2n) is 17.8. The van der Waals surface area contributed by atoms with Crippen molar-refractivity contribution in [3.63, 3.8) is 0 Å². The average Bonchev–Trinajstić information content (AvgIpc) is 3.27. The topological polar surface area (TPSA) is 24.1 Å². The highest BCUT2D eigenvalue weighted by molar-refractivity contribution is 5.86. The zero-order chi connectivity index (χ0) is 42.8. The zero-order valence-corrected chi connectivity index (χ0v) is 37.2. The number of hydrogen-bond acceptors (Lipinski definition) is 2. The minimum absolute atomic E-state index is 0.00944. The van der Waals surface area contributed by atoms with Gasteiger partial charge in [0, 0.05) is 39.3 Å². The van der Waals surface area contributed by atoms with E-state index in [1.54, 1.807) is 0 Å². The molecule has 1 fully saturated rings. The number of aryl methyl sites for hydroxylation is 6. The summed E-state index contributed by atoms with van der Waals surface area (Å²) >= 11 is 0. The number of nitrogens with one attached hydrogen (secondary N) is 2. The van der Waals surface area contributed by atoms with Crippen LogP contribution in [0.1, 0.15) is 76.6 Å². The van der Waals surface area contributed by atoms with Gasteiger partial charge in [0.15, 0.2) is 0 Å². The molecule has 0 bridgehead atoms. The molecule has 2 heteroatoms. The monoisotopic (exact) mass is 806 g/mol. The molecule has 1 aliphatic rings. The van der Waals surface area contributed by atoms with E-state index in [9.17, 15) is 0 Å². The van der Waals surface area contributed by atoms with Crippen LogP contribution >= 0.6 is 0 Å². The van der Waals surface area contributed by atoms with Gasteiger partial charge in [0.05, 0.1) is 0 Å². The molecule has 1 saturated carbocycles. The maximum absolute atomic E-state index is 3.80. The summed E-state index contributed by atoms with van der Waals surface area (Å²) in [7, 11) is 0. The number of benzene rings is 8. The Kier molecular flexibility index (Phi) is 11.4. The van der Waals surface area contributed by atoms with Crippen LogP contribution in [-0.2, 0) is 5.41 Å². The van der Waals surface area contributed by atoms with E-state index in [4.69, 9.17) is 0 Å². The van der Waals surface area contributed by atoms with Crippen LogP contribution in [0, 0.1) is 41.5 Å². The molecule has 0 unspecified atom stereocenters. The Morgan fingerprint density at radius 3 is 1.13 bits per heavy atom. The lowest BCUT2D eigenvalue weighted by atomic mass is 9.65. The molecule has 0 spiro atoms. The lowest BCUT2D eigenvalue weighted by molar-refractivity contribution is 0.346. The molecule has 0 radical (unpaired) electrons. The lowest BCUT2D eigenvalue weighted by Gasteiger charge is -2.39. The first kappa shape index (κ1) is 40.7. The van der Waals surface area contributed by atoms with E-state index in [1.807, 2.05) is 0 Å². The zero-order valence-electron chi connectivity index (χ0n) is 37.2. The van der Waals surface area contributed by atoms with Crippen molar-refractivity contribution in [3.8, 4) is 44.5 Å². The van der Waals surface area contributed by atoms with Crippen molar-refractivity contribution in [3.05, 3.63) is 214 Å². The molecular weight excluding hydrogens is 749 g/mol. The van der Waals surface area contributed by atoms with Gasteiger partial charge < -0.3 is 10.6 Å². The number of para-hydroxylation sites is 2. The summed E-state index contributed by atoms with van der Waals surface area (Å²) in [6, 6.07) is 63.1. The van der Waals surface area contributed by atoms with Crippen molar-refractivity contribution in [2.45, 2.75) is 79.1 Å². The molecule has 9 rings (SSSR count). The molecule has 1 aliphatic carbocycles. The third-order valence-corrected chi connectivity index (χ3v) is 13.3. The summed E-state index contributed by atoms with van der Waals surface area (Å²) in [5.41, 5.74) is 25.1. The number of rotatable bonds is 10. The summed E-state index contributed by atoms with van der Waals surface area (Å²) in [6.45, 7) is 13.2. The molecule has 8 aromatic rings. The van der Waals surface area contributed by atoms with Gasteiger partial charge in [-0.05, 0) is 170 Å². The van der Waals surface area contributed by atoms with E-state index < -0.39 is 0 Å². The van der Waals surface area contributed by atoms with Gasteiger partial charge in [-0.2, -0.15) is 0 Å². The average molecular weight is 807 g/mol. The first-order valence-corrected chi connectivity index (χ1v) is 22.5. The van der Waals surface area contributed by atoms with Crippen LogP contribution in [0.4, 0.5) is 22.7 Å². The summed E-state index contributed by atoms with van der Waals surface area (Å²) in [5, 5.41) is 7.60. The Labute approximate surface area is 369 Å². The molecular formula is C60H58N2. The van der Waals surface area contributed by atoms with Gasteiger partial charge >= 0.3 is 0 Å². The first-order valence-electron chi connectivity index (χ1n) is 22.5. The van der Waals surface area contributed by atoms with Crippen molar-refractivity contribution in [2.75, 3.05) is 10.6 Å². The fraction of sp³-hybridized carbons (Fsp3) is 0.200. The molecule has 0 amide bonds. The standard InChI is InChI=1S/C60H58N2/c1-40-34-42(3)58(43(4)35-40)48-18-14-16-46(38-48)54-20-8-10-22-56(54)61-52-28-24-50(25-29-52)60(32-12-7-13-33-60)51-26-30-53(31-27-51)62-57-23-11-9-21-55(57)47-17-15-19-49(39-47)59-44(5)36-41(2)37-45(59)6/h8-11,14-31,34-39,61-62H,7,12-13,32-33H2,1-6H3. The van der Waals surface area contributed by atoms with E-state index >= 15 is 0 Å². The minimum Gasteiger partial charge on any atom is -0.355 e. The van der Waals surface area contributed by atoms with E-state index in [-0.39, 0.29) is 5.41 Å². The van der Waals surface area contributed by atoms with E-state index in [0.29, 0.717) is 0 Å². The van der Waals surface area contributed by atoms with Crippen LogP contribution in [-0.4, -0.2) is 0 Å². The second-order valence-corrected chi connectivity index (χ2v) is 17.8. The predicted molar refractivity (Wildman–Crippen MR) is 266 cm³/mol. The van der Waals surface area contributed by atoms with Crippen LogP contribution in [0.5, 0.6) is 0 Å². The third-order valence-electron chi connectivity index (χ3n) is 13.3. The van der Waals surface area contributed by atoms with Crippen LogP contribution in [0.3, 0.4) is 0 Å². The SMILES string of the molecule is Cc1cc(C)c(-c2cccc(-c3ccccc3Nc3ccc(C4(c5ccc(Nc6ccccc6-c6cccc(-c7c(C)cc(C)cc7C)c6)cc5)CCCCC4)cc3)c2)c(C)c1. The molecule has 2 N–H and O–H groups in total. The number of hydrogen-bond donors (Lipinski definition) is 2. The van der Waals surface area contributed by atoms with Gasteiger partial charge in [0.2, 0.25) is 0 Å². The highest BCUT2D eigenvalue weighted by Crippen LogP contribution is 2.46. The van der Waals surface area contributed by atoms with Gasteiger partial charge in [0.1, 0.15) is 0 Å².